The summed E-state index contributed by atoms with van der Waals surface area (Å²) in [5, 5.41) is 2.90. The van der Waals surface area contributed by atoms with Gasteiger partial charge in [-0.2, -0.15) is 0 Å². The highest BCUT2D eigenvalue weighted by Gasteiger charge is 2.10. The van der Waals surface area contributed by atoms with Gasteiger partial charge in [-0.15, -0.1) is 11.3 Å². The molecule has 2 aromatic carbocycles. The molecule has 1 aromatic heterocycles. The summed E-state index contributed by atoms with van der Waals surface area (Å²) in [6.45, 7) is 8.69. The van der Waals surface area contributed by atoms with Crippen molar-refractivity contribution in [1.29, 1.82) is 0 Å². The average molecular weight is 380 g/mol. The number of thiazole rings is 1. The quantitative estimate of drug-likeness (QED) is 0.505. The zero-order valence-electron chi connectivity index (χ0n) is 16.3. The molecule has 0 saturated heterocycles. The monoisotopic (exact) mass is 379 g/mol. The van der Waals surface area contributed by atoms with Crippen molar-refractivity contribution in [3.8, 4) is 10.6 Å². The molecular formula is C23H25NO2S. The lowest BCUT2D eigenvalue weighted by atomic mass is 10.0. The van der Waals surface area contributed by atoms with Gasteiger partial charge in [0.05, 0.1) is 12.1 Å². The predicted octanol–water partition coefficient (Wildman–Crippen LogP) is 5.84. The molecule has 0 unspecified atom stereocenters. The number of ether oxygens (including phenoxy) is 1. The maximum atomic E-state index is 12.1. The highest BCUT2D eigenvalue weighted by atomic mass is 32.1. The molecule has 3 aromatic rings. The van der Waals surface area contributed by atoms with Crippen molar-refractivity contribution < 1.29 is 9.53 Å². The van der Waals surface area contributed by atoms with Crippen LogP contribution in [0.15, 0.2) is 47.8 Å². The number of hydrogen-bond donors (Lipinski definition) is 0. The molecule has 3 nitrogen and oxygen atoms in total. The van der Waals surface area contributed by atoms with Gasteiger partial charge in [0, 0.05) is 10.9 Å². The Kier molecular flexibility index (Phi) is 6.07. The van der Waals surface area contributed by atoms with Gasteiger partial charge in [-0.05, 0) is 42.0 Å². The highest BCUT2D eigenvalue weighted by Crippen LogP contribution is 2.26. The fraction of sp³-hybridized carbons (Fsp3) is 0.304. The molecule has 1 heterocycles. The van der Waals surface area contributed by atoms with Crippen molar-refractivity contribution in [2.45, 2.75) is 46.6 Å². The van der Waals surface area contributed by atoms with Gasteiger partial charge in [-0.3, -0.25) is 4.79 Å². The van der Waals surface area contributed by atoms with Crippen molar-refractivity contribution in [3.05, 3.63) is 75.8 Å². The zero-order valence-corrected chi connectivity index (χ0v) is 17.1. The third kappa shape index (κ3) is 5.04. The van der Waals surface area contributed by atoms with Gasteiger partial charge in [0.1, 0.15) is 11.6 Å². The SMILES string of the molecule is Cc1ccc(CC(=O)OCc2csc(-c3ccc(C(C)C)cc3)n2)cc1C. The van der Waals surface area contributed by atoms with Crippen molar-refractivity contribution in [3.63, 3.8) is 0 Å². The number of aryl methyl sites for hydroxylation is 2. The molecule has 27 heavy (non-hydrogen) atoms. The first-order valence-corrected chi connectivity index (χ1v) is 10.1. The molecule has 3 rings (SSSR count). The van der Waals surface area contributed by atoms with E-state index in [4.69, 9.17) is 4.74 Å². The molecular weight excluding hydrogens is 354 g/mol. The number of rotatable bonds is 6. The number of hydrogen-bond acceptors (Lipinski definition) is 4. The van der Waals surface area contributed by atoms with Gasteiger partial charge < -0.3 is 4.74 Å². The Bertz CT molecular complexity index is 926. The first-order valence-electron chi connectivity index (χ1n) is 9.19. The van der Waals surface area contributed by atoms with E-state index >= 15 is 0 Å². The largest absolute Gasteiger partial charge is 0.459 e. The zero-order chi connectivity index (χ0) is 19.4. The van der Waals surface area contributed by atoms with Crippen LogP contribution in [0.5, 0.6) is 0 Å². The van der Waals surface area contributed by atoms with E-state index in [1.807, 2.05) is 23.6 Å². The fourth-order valence-electron chi connectivity index (χ4n) is 2.80. The Morgan fingerprint density at radius 3 is 2.48 bits per heavy atom. The maximum absolute atomic E-state index is 12.1. The number of benzene rings is 2. The molecule has 0 aliphatic carbocycles. The molecule has 0 saturated carbocycles. The van der Waals surface area contributed by atoms with Crippen LogP contribution in [0.25, 0.3) is 10.6 Å². The molecule has 0 aliphatic rings. The third-order valence-corrected chi connectivity index (χ3v) is 5.62. The minimum absolute atomic E-state index is 0.213. The molecule has 4 heteroatoms. The van der Waals surface area contributed by atoms with Gasteiger partial charge >= 0.3 is 5.97 Å². The number of aromatic nitrogens is 1. The van der Waals surface area contributed by atoms with Crippen molar-refractivity contribution in [2.24, 2.45) is 0 Å². The summed E-state index contributed by atoms with van der Waals surface area (Å²) >= 11 is 1.57. The van der Waals surface area contributed by atoms with E-state index in [0.717, 1.165) is 21.8 Å². The van der Waals surface area contributed by atoms with E-state index in [-0.39, 0.29) is 19.0 Å². The van der Waals surface area contributed by atoms with E-state index in [9.17, 15) is 4.79 Å². The molecule has 0 atom stereocenters. The van der Waals surface area contributed by atoms with E-state index in [1.165, 1.54) is 16.7 Å². The van der Waals surface area contributed by atoms with Gasteiger partial charge in [-0.25, -0.2) is 4.98 Å². The maximum Gasteiger partial charge on any atom is 0.310 e. The minimum Gasteiger partial charge on any atom is -0.459 e. The summed E-state index contributed by atoms with van der Waals surface area (Å²) in [5.41, 5.74) is 6.59. The molecule has 0 N–H and O–H groups in total. The second-order valence-electron chi connectivity index (χ2n) is 7.18. The van der Waals surface area contributed by atoms with Crippen molar-refractivity contribution >= 4 is 17.3 Å². The molecule has 0 bridgehead atoms. The van der Waals surface area contributed by atoms with Gasteiger partial charge in [0.2, 0.25) is 0 Å². The Hall–Kier alpha value is -2.46. The van der Waals surface area contributed by atoms with Crippen LogP contribution in [0.4, 0.5) is 0 Å². The van der Waals surface area contributed by atoms with Gasteiger partial charge in [-0.1, -0.05) is 56.3 Å². The van der Waals surface area contributed by atoms with Crippen LogP contribution in [0.2, 0.25) is 0 Å². The summed E-state index contributed by atoms with van der Waals surface area (Å²) in [4.78, 5) is 16.7. The van der Waals surface area contributed by atoms with Gasteiger partial charge in [0.15, 0.2) is 0 Å². The first-order chi connectivity index (χ1) is 12.9. The number of esters is 1. The molecule has 0 spiro atoms. The lowest BCUT2D eigenvalue weighted by molar-refractivity contribution is -0.144. The molecule has 0 radical (unpaired) electrons. The fourth-order valence-corrected chi connectivity index (χ4v) is 3.61. The van der Waals surface area contributed by atoms with E-state index in [1.54, 1.807) is 11.3 Å². The van der Waals surface area contributed by atoms with Crippen LogP contribution < -0.4 is 0 Å². The highest BCUT2D eigenvalue weighted by molar-refractivity contribution is 7.13. The first kappa shape index (κ1) is 19.3. The van der Waals surface area contributed by atoms with E-state index < -0.39 is 0 Å². The van der Waals surface area contributed by atoms with Gasteiger partial charge in [0.25, 0.3) is 0 Å². The molecule has 140 valence electrons. The van der Waals surface area contributed by atoms with Crippen LogP contribution >= 0.6 is 11.3 Å². The minimum atomic E-state index is -0.228. The van der Waals surface area contributed by atoms with Crippen LogP contribution in [0.1, 0.15) is 47.7 Å². The molecule has 0 aliphatic heterocycles. The van der Waals surface area contributed by atoms with Crippen LogP contribution in [0, 0.1) is 13.8 Å². The van der Waals surface area contributed by atoms with Crippen LogP contribution in [-0.4, -0.2) is 11.0 Å². The van der Waals surface area contributed by atoms with Crippen LogP contribution in [0.3, 0.4) is 0 Å². The second kappa shape index (κ2) is 8.49. The standard InChI is InChI=1S/C23H25NO2S/c1-15(2)19-7-9-20(10-8-19)23-24-21(14-27-23)13-26-22(25)12-18-6-5-16(3)17(4)11-18/h5-11,14-15H,12-13H2,1-4H3. The molecule has 0 amide bonds. The number of nitrogens with zero attached hydrogens (tertiary/aromatic N) is 1. The summed E-state index contributed by atoms with van der Waals surface area (Å²) in [7, 11) is 0. The van der Waals surface area contributed by atoms with Crippen molar-refractivity contribution in [1.82, 2.24) is 4.98 Å². The molecule has 0 fully saturated rings. The normalized spacial score (nSPS) is 11.0. The predicted molar refractivity (Wildman–Crippen MR) is 111 cm³/mol. The Morgan fingerprint density at radius 2 is 1.81 bits per heavy atom. The summed E-state index contributed by atoms with van der Waals surface area (Å²) < 4.78 is 5.41. The summed E-state index contributed by atoms with van der Waals surface area (Å²) in [6, 6.07) is 14.5. The topological polar surface area (TPSA) is 39.2 Å². The average Bonchev–Trinajstić information content (AvgIpc) is 3.12. The Morgan fingerprint density at radius 1 is 1.07 bits per heavy atom. The smallest absolute Gasteiger partial charge is 0.310 e. The Labute approximate surface area is 165 Å². The van der Waals surface area contributed by atoms with Crippen LogP contribution in [-0.2, 0) is 22.6 Å². The second-order valence-corrected chi connectivity index (χ2v) is 8.03. The lowest BCUT2D eigenvalue weighted by Crippen LogP contribution is -2.08. The van der Waals surface area contributed by atoms with E-state index in [0.29, 0.717) is 5.92 Å². The summed E-state index contributed by atoms with van der Waals surface area (Å²) in [5.74, 6) is 0.289. The lowest BCUT2D eigenvalue weighted by Gasteiger charge is -2.06. The number of carbonyl (C=O) groups is 1. The third-order valence-electron chi connectivity index (χ3n) is 4.68. The van der Waals surface area contributed by atoms with E-state index in [2.05, 4.69) is 56.9 Å². The summed E-state index contributed by atoms with van der Waals surface area (Å²) in [6.07, 6.45) is 0.286. The van der Waals surface area contributed by atoms with Crippen molar-refractivity contribution in [2.75, 3.05) is 0 Å². The Balaban J connectivity index is 1.57. The number of carbonyl (C=O) groups excluding carboxylic acids is 1.